The molecule has 6 heteroatoms. The van der Waals surface area contributed by atoms with E-state index in [9.17, 15) is 9.59 Å². The fourth-order valence-corrected chi connectivity index (χ4v) is 4.59. The van der Waals surface area contributed by atoms with E-state index in [4.69, 9.17) is 9.47 Å². The number of anilines is 1. The molecule has 0 saturated carbocycles. The van der Waals surface area contributed by atoms with Crippen molar-refractivity contribution >= 4 is 17.6 Å². The lowest BCUT2D eigenvalue weighted by Crippen LogP contribution is -2.29. The van der Waals surface area contributed by atoms with Crippen molar-refractivity contribution in [1.29, 1.82) is 0 Å². The van der Waals surface area contributed by atoms with Crippen LogP contribution in [0.15, 0.2) is 60.7 Å². The Balaban J connectivity index is 1.66. The number of hydrogen-bond donors (Lipinski definition) is 1. The van der Waals surface area contributed by atoms with Crippen LogP contribution in [0.2, 0.25) is 0 Å². The van der Waals surface area contributed by atoms with Gasteiger partial charge in [-0.05, 0) is 98.4 Å². The Hall–Kier alpha value is -3.64. The van der Waals surface area contributed by atoms with Crippen molar-refractivity contribution in [2.45, 2.75) is 25.7 Å². The van der Waals surface area contributed by atoms with Crippen LogP contribution in [0.1, 0.15) is 50.6 Å². The minimum absolute atomic E-state index is 0.245. The number of methoxy groups -OCH3 is 2. The molecule has 0 atom stereocenters. The van der Waals surface area contributed by atoms with Crippen LogP contribution < -0.4 is 10.1 Å². The Bertz CT molecular complexity index is 1230. The van der Waals surface area contributed by atoms with Crippen molar-refractivity contribution in [2.24, 2.45) is 0 Å². The number of carbonyl (C=O) groups excluding carboxylic acids is 2. The predicted molar refractivity (Wildman–Crippen MR) is 138 cm³/mol. The van der Waals surface area contributed by atoms with E-state index in [-0.39, 0.29) is 5.91 Å². The largest absolute Gasteiger partial charge is 0.497 e. The summed E-state index contributed by atoms with van der Waals surface area (Å²) in [6.45, 7) is 4.04. The van der Waals surface area contributed by atoms with Crippen LogP contribution in [-0.2, 0) is 4.74 Å². The molecule has 35 heavy (non-hydrogen) atoms. The van der Waals surface area contributed by atoms with Crippen molar-refractivity contribution in [3.05, 3.63) is 82.9 Å². The highest BCUT2D eigenvalue weighted by molar-refractivity contribution is 6.09. The van der Waals surface area contributed by atoms with Gasteiger partial charge < -0.3 is 19.7 Å². The second kappa shape index (κ2) is 10.7. The first-order chi connectivity index (χ1) is 16.9. The summed E-state index contributed by atoms with van der Waals surface area (Å²) < 4.78 is 10.3. The van der Waals surface area contributed by atoms with Crippen molar-refractivity contribution in [1.82, 2.24) is 4.90 Å². The monoisotopic (exact) mass is 472 g/mol. The van der Waals surface area contributed by atoms with Crippen LogP contribution in [0.4, 0.5) is 5.69 Å². The minimum atomic E-state index is -0.505. The van der Waals surface area contributed by atoms with Crippen LogP contribution in [-0.4, -0.2) is 51.1 Å². The molecule has 1 N–H and O–H groups in total. The van der Waals surface area contributed by atoms with Crippen LogP contribution >= 0.6 is 0 Å². The molecule has 1 saturated heterocycles. The van der Waals surface area contributed by atoms with Crippen molar-refractivity contribution in [2.75, 3.05) is 39.7 Å². The molecule has 1 fully saturated rings. The third kappa shape index (κ3) is 5.54. The van der Waals surface area contributed by atoms with Gasteiger partial charge in [0.25, 0.3) is 5.91 Å². The summed E-state index contributed by atoms with van der Waals surface area (Å²) in [6, 6.07) is 19.1. The molecule has 1 amide bonds. The Morgan fingerprint density at radius 1 is 0.914 bits per heavy atom. The summed E-state index contributed by atoms with van der Waals surface area (Å²) in [5.41, 5.74) is 5.17. The van der Waals surface area contributed by atoms with Gasteiger partial charge in [0.2, 0.25) is 0 Å². The molecule has 1 aliphatic heterocycles. The quantitative estimate of drug-likeness (QED) is 0.479. The summed E-state index contributed by atoms with van der Waals surface area (Å²) in [4.78, 5) is 28.2. The van der Waals surface area contributed by atoms with E-state index in [1.54, 1.807) is 19.2 Å². The van der Waals surface area contributed by atoms with Crippen molar-refractivity contribution < 1.29 is 19.1 Å². The second-order valence-electron chi connectivity index (χ2n) is 9.09. The summed E-state index contributed by atoms with van der Waals surface area (Å²) in [7, 11) is 5.09. The van der Waals surface area contributed by atoms with Crippen LogP contribution in [0.5, 0.6) is 5.75 Å². The van der Waals surface area contributed by atoms with Gasteiger partial charge in [-0.3, -0.25) is 4.79 Å². The standard InChI is InChI=1S/C29H32N2O4/c1-19-8-9-22(20-12-14-31(2)15-13-20)17-26(19)28(32)30-27-18-23(10-11-25(27)29(33)35-4)21-6-5-7-24(16-21)34-3/h5-11,16-18,20H,12-15H2,1-4H3,(H,30,32). The van der Waals surface area contributed by atoms with E-state index in [2.05, 4.69) is 23.3 Å². The van der Waals surface area contributed by atoms with Gasteiger partial charge in [0, 0.05) is 5.56 Å². The molecule has 182 valence electrons. The average molecular weight is 473 g/mol. The minimum Gasteiger partial charge on any atom is -0.497 e. The Morgan fingerprint density at radius 3 is 2.37 bits per heavy atom. The number of benzene rings is 3. The zero-order chi connectivity index (χ0) is 24.9. The van der Waals surface area contributed by atoms with E-state index >= 15 is 0 Å². The number of likely N-dealkylation sites (tertiary alicyclic amines) is 1. The number of rotatable bonds is 6. The number of amides is 1. The molecule has 0 spiro atoms. The SMILES string of the molecule is COC(=O)c1ccc(-c2cccc(OC)c2)cc1NC(=O)c1cc(C2CCN(C)CC2)ccc1C. The molecular weight excluding hydrogens is 440 g/mol. The predicted octanol–water partition coefficient (Wildman–Crippen LogP) is 5.52. The maximum Gasteiger partial charge on any atom is 0.339 e. The zero-order valence-corrected chi connectivity index (χ0v) is 20.8. The lowest BCUT2D eigenvalue weighted by Gasteiger charge is -2.29. The number of aryl methyl sites for hydroxylation is 1. The molecule has 1 heterocycles. The highest BCUT2D eigenvalue weighted by Crippen LogP contribution is 2.31. The van der Waals surface area contributed by atoms with E-state index in [0.717, 1.165) is 48.4 Å². The van der Waals surface area contributed by atoms with Gasteiger partial charge in [0.1, 0.15) is 5.75 Å². The maximum absolute atomic E-state index is 13.4. The first-order valence-corrected chi connectivity index (χ1v) is 11.9. The van der Waals surface area contributed by atoms with E-state index in [0.29, 0.717) is 22.7 Å². The number of carbonyl (C=O) groups is 2. The number of ether oxygens (including phenoxy) is 2. The molecule has 0 radical (unpaired) electrons. The number of hydrogen-bond acceptors (Lipinski definition) is 5. The van der Waals surface area contributed by atoms with Gasteiger partial charge >= 0.3 is 5.97 Å². The van der Waals surface area contributed by atoms with Gasteiger partial charge in [-0.2, -0.15) is 0 Å². The van der Waals surface area contributed by atoms with E-state index < -0.39 is 5.97 Å². The van der Waals surface area contributed by atoms with E-state index in [1.807, 2.05) is 49.4 Å². The summed E-state index contributed by atoms with van der Waals surface area (Å²) >= 11 is 0. The number of esters is 1. The molecule has 3 aromatic rings. The van der Waals surface area contributed by atoms with Gasteiger partial charge in [-0.1, -0.05) is 30.3 Å². The van der Waals surface area contributed by atoms with Crippen LogP contribution in [0.25, 0.3) is 11.1 Å². The van der Waals surface area contributed by atoms with Crippen molar-refractivity contribution in [3.8, 4) is 16.9 Å². The summed E-state index contributed by atoms with van der Waals surface area (Å²) in [5.74, 6) is 0.423. The first kappa shape index (κ1) is 24.5. The number of nitrogens with zero attached hydrogens (tertiary/aromatic N) is 1. The lowest BCUT2D eigenvalue weighted by atomic mass is 9.87. The summed E-state index contributed by atoms with van der Waals surface area (Å²) in [6.07, 6.45) is 2.16. The molecule has 0 bridgehead atoms. The van der Waals surface area contributed by atoms with Crippen LogP contribution in [0.3, 0.4) is 0 Å². The molecule has 3 aromatic carbocycles. The average Bonchev–Trinajstić information content (AvgIpc) is 2.89. The third-order valence-electron chi connectivity index (χ3n) is 6.77. The topological polar surface area (TPSA) is 67.9 Å². The molecule has 0 aliphatic carbocycles. The highest BCUT2D eigenvalue weighted by atomic mass is 16.5. The smallest absolute Gasteiger partial charge is 0.339 e. The lowest BCUT2D eigenvalue weighted by molar-refractivity contribution is 0.0602. The zero-order valence-electron chi connectivity index (χ0n) is 20.8. The molecular formula is C29H32N2O4. The van der Waals surface area contributed by atoms with Gasteiger partial charge in [-0.25, -0.2) is 4.79 Å². The molecule has 6 nitrogen and oxygen atoms in total. The van der Waals surface area contributed by atoms with Crippen molar-refractivity contribution in [3.63, 3.8) is 0 Å². The Morgan fingerprint density at radius 2 is 1.66 bits per heavy atom. The molecule has 1 aliphatic rings. The maximum atomic E-state index is 13.4. The first-order valence-electron chi connectivity index (χ1n) is 11.9. The summed E-state index contributed by atoms with van der Waals surface area (Å²) in [5, 5.41) is 2.98. The fraction of sp³-hybridized carbons (Fsp3) is 0.310. The number of nitrogens with one attached hydrogen (secondary N) is 1. The van der Waals surface area contributed by atoms with Gasteiger partial charge in [0.05, 0.1) is 25.5 Å². The molecule has 0 aromatic heterocycles. The van der Waals surface area contributed by atoms with E-state index in [1.165, 1.54) is 12.7 Å². The number of piperidine rings is 1. The molecule has 4 rings (SSSR count). The Labute approximate surface area is 206 Å². The molecule has 0 unspecified atom stereocenters. The highest BCUT2D eigenvalue weighted by Gasteiger charge is 2.21. The Kier molecular flexibility index (Phi) is 7.51. The van der Waals surface area contributed by atoms with Gasteiger partial charge in [0.15, 0.2) is 0 Å². The normalized spacial score (nSPS) is 14.4. The van der Waals surface area contributed by atoms with Crippen LogP contribution in [0, 0.1) is 6.92 Å². The third-order valence-corrected chi connectivity index (χ3v) is 6.77. The second-order valence-corrected chi connectivity index (χ2v) is 9.09. The van der Waals surface area contributed by atoms with Gasteiger partial charge in [-0.15, -0.1) is 0 Å². The fourth-order valence-electron chi connectivity index (χ4n) is 4.59.